The van der Waals surface area contributed by atoms with E-state index in [4.69, 9.17) is 9.47 Å². The summed E-state index contributed by atoms with van der Waals surface area (Å²) < 4.78 is 10.1. The van der Waals surface area contributed by atoms with E-state index >= 15 is 0 Å². The molecule has 2 rings (SSSR count). The molecule has 142 valence electrons. The summed E-state index contributed by atoms with van der Waals surface area (Å²) in [6, 6.07) is 15.3. The van der Waals surface area contributed by atoms with Gasteiger partial charge in [0, 0.05) is 18.4 Å². The number of carbonyl (C=O) groups is 3. The lowest BCUT2D eigenvalue weighted by molar-refractivity contribution is -0.126. The third-order valence-corrected chi connectivity index (χ3v) is 3.73. The van der Waals surface area contributed by atoms with Crippen molar-refractivity contribution in [3.8, 4) is 0 Å². The highest BCUT2D eigenvalue weighted by atomic mass is 16.6. The van der Waals surface area contributed by atoms with Crippen LogP contribution in [0.2, 0.25) is 0 Å². The lowest BCUT2D eigenvalue weighted by Crippen LogP contribution is -2.37. The summed E-state index contributed by atoms with van der Waals surface area (Å²) >= 11 is 0. The van der Waals surface area contributed by atoms with Crippen LogP contribution in [-0.2, 0) is 14.3 Å². The van der Waals surface area contributed by atoms with Gasteiger partial charge in [0.05, 0.1) is 12.2 Å². The second kappa shape index (κ2) is 9.38. The van der Waals surface area contributed by atoms with Crippen molar-refractivity contribution >= 4 is 29.3 Å². The number of likely N-dealkylation sites (N-methyl/N-ethyl adjacent to an activating group) is 1. The Morgan fingerprint density at radius 2 is 1.78 bits per heavy atom. The Balaban J connectivity index is 2.01. The van der Waals surface area contributed by atoms with Gasteiger partial charge in [-0.15, -0.1) is 0 Å². The summed E-state index contributed by atoms with van der Waals surface area (Å²) in [4.78, 5) is 37.7. The van der Waals surface area contributed by atoms with E-state index in [0.29, 0.717) is 11.4 Å². The van der Waals surface area contributed by atoms with E-state index in [2.05, 4.69) is 5.32 Å². The molecule has 7 nitrogen and oxygen atoms in total. The number of hydrogen-bond acceptors (Lipinski definition) is 5. The van der Waals surface area contributed by atoms with Crippen LogP contribution in [0.5, 0.6) is 0 Å². The molecule has 0 aliphatic carbocycles. The standard InChI is InChI=1S/C20H22N2O5/c1-4-26-20(25)21-16-10-8-9-15(13-16)19(24)27-14(2)18(23)22(3)17-11-6-5-7-12-17/h5-14H,4H2,1-3H3,(H,21,25)/t14-/m0/s1. The molecule has 7 heteroatoms. The molecule has 2 amide bonds. The Labute approximate surface area is 157 Å². The Hall–Kier alpha value is -3.35. The predicted octanol–water partition coefficient (Wildman–Crippen LogP) is 3.46. The molecule has 0 unspecified atom stereocenters. The summed E-state index contributed by atoms with van der Waals surface area (Å²) in [6.07, 6.45) is -1.58. The third kappa shape index (κ3) is 5.57. The number of ether oxygens (including phenoxy) is 2. The van der Waals surface area contributed by atoms with Crippen molar-refractivity contribution in [2.24, 2.45) is 0 Å². The highest BCUT2D eigenvalue weighted by molar-refractivity contribution is 5.99. The van der Waals surface area contributed by atoms with Crippen LogP contribution in [0.4, 0.5) is 16.2 Å². The number of anilines is 2. The minimum absolute atomic E-state index is 0.214. The van der Waals surface area contributed by atoms with Gasteiger partial charge in [0.2, 0.25) is 0 Å². The van der Waals surface area contributed by atoms with E-state index in [1.165, 1.54) is 24.0 Å². The second-order valence-corrected chi connectivity index (χ2v) is 5.71. The smallest absolute Gasteiger partial charge is 0.411 e. The van der Waals surface area contributed by atoms with Crippen LogP contribution in [0.25, 0.3) is 0 Å². The molecule has 0 fully saturated rings. The van der Waals surface area contributed by atoms with Crippen molar-refractivity contribution in [1.82, 2.24) is 0 Å². The van der Waals surface area contributed by atoms with Gasteiger partial charge in [0.1, 0.15) is 0 Å². The average molecular weight is 370 g/mol. The molecule has 0 heterocycles. The van der Waals surface area contributed by atoms with Crippen molar-refractivity contribution in [1.29, 1.82) is 0 Å². The number of nitrogens with zero attached hydrogens (tertiary/aromatic N) is 1. The topological polar surface area (TPSA) is 84.9 Å². The number of esters is 1. The van der Waals surface area contributed by atoms with Crippen LogP contribution >= 0.6 is 0 Å². The SMILES string of the molecule is CCOC(=O)Nc1cccc(C(=O)O[C@@H](C)C(=O)N(C)c2ccccc2)c1. The van der Waals surface area contributed by atoms with Crippen LogP contribution in [-0.4, -0.2) is 37.7 Å². The number of hydrogen-bond donors (Lipinski definition) is 1. The summed E-state index contributed by atoms with van der Waals surface area (Å²) in [5, 5.41) is 2.51. The fourth-order valence-electron chi connectivity index (χ4n) is 2.34. The minimum atomic E-state index is -0.968. The monoisotopic (exact) mass is 370 g/mol. The van der Waals surface area contributed by atoms with Crippen molar-refractivity contribution in [2.45, 2.75) is 20.0 Å². The van der Waals surface area contributed by atoms with Gasteiger partial charge in [0.15, 0.2) is 6.10 Å². The summed E-state index contributed by atoms with van der Waals surface area (Å²) in [5.41, 5.74) is 1.31. The van der Waals surface area contributed by atoms with Crippen LogP contribution in [0, 0.1) is 0 Å². The van der Waals surface area contributed by atoms with Crippen LogP contribution in [0.1, 0.15) is 24.2 Å². The normalized spacial score (nSPS) is 11.2. The van der Waals surface area contributed by atoms with E-state index in [0.717, 1.165) is 0 Å². The molecule has 27 heavy (non-hydrogen) atoms. The lowest BCUT2D eigenvalue weighted by Gasteiger charge is -2.21. The molecule has 0 bridgehead atoms. The molecule has 0 radical (unpaired) electrons. The maximum Gasteiger partial charge on any atom is 0.411 e. The Kier molecular flexibility index (Phi) is 6.93. The fraction of sp³-hybridized carbons (Fsp3) is 0.250. The number of carbonyl (C=O) groups excluding carboxylic acids is 3. The van der Waals surface area contributed by atoms with Crippen molar-refractivity contribution in [3.63, 3.8) is 0 Å². The van der Waals surface area contributed by atoms with Gasteiger partial charge in [0.25, 0.3) is 5.91 Å². The van der Waals surface area contributed by atoms with Crippen LogP contribution in [0.15, 0.2) is 54.6 Å². The zero-order valence-electron chi connectivity index (χ0n) is 15.5. The Bertz CT molecular complexity index is 807. The molecule has 2 aromatic carbocycles. The first-order chi connectivity index (χ1) is 12.9. The molecule has 0 spiro atoms. The van der Waals surface area contributed by atoms with Gasteiger partial charge in [-0.05, 0) is 44.2 Å². The molecule has 0 aliphatic heterocycles. The fourth-order valence-corrected chi connectivity index (χ4v) is 2.34. The molecular formula is C20H22N2O5. The largest absolute Gasteiger partial charge is 0.450 e. The molecule has 1 atom stereocenters. The zero-order chi connectivity index (χ0) is 19.8. The van der Waals surface area contributed by atoms with Crippen molar-refractivity contribution in [3.05, 3.63) is 60.2 Å². The van der Waals surface area contributed by atoms with Crippen LogP contribution < -0.4 is 10.2 Å². The zero-order valence-corrected chi connectivity index (χ0v) is 15.5. The molecule has 0 aromatic heterocycles. The van der Waals surface area contributed by atoms with Crippen LogP contribution in [0.3, 0.4) is 0 Å². The van der Waals surface area contributed by atoms with Crippen molar-refractivity contribution < 1.29 is 23.9 Å². The third-order valence-electron chi connectivity index (χ3n) is 3.73. The number of amides is 2. The van der Waals surface area contributed by atoms with Gasteiger partial charge in [-0.2, -0.15) is 0 Å². The van der Waals surface area contributed by atoms with Gasteiger partial charge >= 0.3 is 12.1 Å². The highest BCUT2D eigenvalue weighted by Crippen LogP contribution is 2.16. The maximum absolute atomic E-state index is 12.5. The van der Waals surface area contributed by atoms with Gasteiger partial charge in [-0.25, -0.2) is 9.59 Å². The number of para-hydroxylation sites is 1. The second-order valence-electron chi connectivity index (χ2n) is 5.71. The molecule has 0 saturated carbocycles. The first-order valence-corrected chi connectivity index (χ1v) is 8.49. The lowest BCUT2D eigenvalue weighted by atomic mass is 10.2. The molecule has 2 aromatic rings. The first kappa shape index (κ1) is 20.0. The van der Waals surface area contributed by atoms with Gasteiger partial charge in [-0.3, -0.25) is 10.1 Å². The van der Waals surface area contributed by atoms with Crippen molar-refractivity contribution in [2.75, 3.05) is 23.9 Å². The first-order valence-electron chi connectivity index (χ1n) is 8.49. The number of nitrogens with one attached hydrogen (secondary N) is 1. The summed E-state index contributed by atoms with van der Waals surface area (Å²) in [5.74, 6) is -1.01. The molecule has 0 aliphatic rings. The molecule has 1 N–H and O–H groups in total. The van der Waals surface area contributed by atoms with E-state index in [-0.39, 0.29) is 18.1 Å². The Morgan fingerprint density at radius 1 is 1.07 bits per heavy atom. The Morgan fingerprint density at radius 3 is 2.44 bits per heavy atom. The average Bonchev–Trinajstić information content (AvgIpc) is 2.67. The molecule has 0 saturated heterocycles. The van der Waals surface area contributed by atoms with E-state index in [1.54, 1.807) is 38.2 Å². The number of benzene rings is 2. The molecular weight excluding hydrogens is 348 g/mol. The summed E-state index contributed by atoms with van der Waals surface area (Å²) in [6.45, 7) is 3.45. The quantitative estimate of drug-likeness (QED) is 0.787. The van der Waals surface area contributed by atoms with E-state index in [9.17, 15) is 14.4 Å². The minimum Gasteiger partial charge on any atom is -0.450 e. The van der Waals surface area contributed by atoms with Gasteiger partial charge in [-0.1, -0.05) is 24.3 Å². The predicted molar refractivity (Wildman–Crippen MR) is 102 cm³/mol. The highest BCUT2D eigenvalue weighted by Gasteiger charge is 2.23. The van der Waals surface area contributed by atoms with E-state index in [1.807, 2.05) is 18.2 Å². The number of rotatable bonds is 6. The van der Waals surface area contributed by atoms with Gasteiger partial charge < -0.3 is 14.4 Å². The summed E-state index contributed by atoms with van der Waals surface area (Å²) in [7, 11) is 1.62. The maximum atomic E-state index is 12.5. The van der Waals surface area contributed by atoms with E-state index < -0.39 is 18.2 Å².